The van der Waals surface area contributed by atoms with E-state index in [0.717, 1.165) is 31.6 Å². The zero-order chi connectivity index (χ0) is 17.0. The highest BCUT2D eigenvalue weighted by Crippen LogP contribution is 2.33. The number of alkyl halides is 3. The van der Waals surface area contributed by atoms with Crippen LogP contribution in [0.3, 0.4) is 0 Å². The summed E-state index contributed by atoms with van der Waals surface area (Å²) in [4.78, 5) is 0. The maximum absolute atomic E-state index is 12.8. The number of ether oxygens (including phenoxy) is 1. The van der Waals surface area contributed by atoms with Gasteiger partial charge in [-0.2, -0.15) is 13.2 Å². The van der Waals surface area contributed by atoms with Crippen molar-refractivity contribution in [3.05, 3.63) is 65.7 Å². The zero-order valence-electron chi connectivity index (χ0n) is 13.2. The molecule has 1 fully saturated rings. The largest absolute Gasteiger partial charge is 0.493 e. The number of hydrogen-bond donors (Lipinski definition) is 1. The number of hydrogen-bond acceptors (Lipinski definition) is 2. The predicted octanol–water partition coefficient (Wildman–Crippen LogP) is 4.48. The summed E-state index contributed by atoms with van der Waals surface area (Å²) < 4.78 is 44.0. The summed E-state index contributed by atoms with van der Waals surface area (Å²) in [5, 5.41) is 3.35. The van der Waals surface area contributed by atoms with E-state index in [4.69, 9.17) is 4.74 Å². The Bertz CT molecular complexity index is 657. The highest BCUT2D eigenvalue weighted by Gasteiger charge is 2.31. The zero-order valence-corrected chi connectivity index (χ0v) is 13.2. The van der Waals surface area contributed by atoms with E-state index in [0.29, 0.717) is 12.5 Å². The molecular formula is C19H20F3NO. The second kappa shape index (κ2) is 7.26. The molecule has 1 aliphatic rings. The summed E-state index contributed by atoms with van der Waals surface area (Å²) in [6.45, 7) is 2.14. The van der Waals surface area contributed by atoms with E-state index in [1.165, 1.54) is 11.6 Å². The van der Waals surface area contributed by atoms with Gasteiger partial charge < -0.3 is 10.1 Å². The van der Waals surface area contributed by atoms with Crippen LogP contribution in [0.25, 0.3) is 0 Å². The Morgan fingerprint density at radius 3 is 2.58 bits per heavy atom. The summed E-state index contributed by atoms with van der Waals surface area (Å²) in [6, 6.07) is 15.3. The first-order valence-electron chi connectivity index (χ1n) is 8.10. The smallest absolute Gasteiger partial charge is 0.416 e. The molecular weight excluding hydrogens is 315 g/mol. The van der Waals surface area contributed by atoms with Gasteiger partial charge in [0.05, 0.1) is 12.2 Å². The first kappa shape index (κ1) is 16.8. The minimum absolute atomic E-state index is 0.232. The SMILES string of the molecule is FC(F)(F)c1cccc(OC[C@H]2CNCC[C@@H]2c2ccccc2)c1. The minimum Gasteiger partial charge on any atom is -0.493 e. The summed E-state index contributed by atoms with van der Waals surface area (Å²) >= 11 is 0. The fourth-order valence-electron chi connectivity index (χ4n) is 3.20. The summed E-state index contributed by atoms with van der Waals surface area (Å²) in [6.07, 6.45) is -3.35. The number of piperidine rings is 1. The van der Waals surface area contributed by atoms with Gasteiger partial charge in [0.25, 0.3) is 0 Å². The molecule has 1 heterocycles. The number of benzene rings is 2. The molecule has 0 aliphatic carbocycles. The molecule has 0 aromatic heterocycles. The van der Waals surface area contributed by atoms with Gasteiger partial charge in [-0.3, -0.25) is 0 Å². The molecule has 1 aliphatic heterocycles. The third kappa shape index (κ3) is 4.09. The van der Waals surface area contributed by atoms with Crippen LogP contribution in [-0.2, 0) is 6.18 Å². The van der Waals surface area contributed by atoms with E-state index in [9.17, 15) is 13.2 Å². The van der Waals surface area contributed by atoms with Crippen LogP contribution in [0.4, 0.5) is 13.2 Å². The summed E-state index contributed by atoms with van der Waals surface area (Å²) in [7, 11) is 0. The van der Waals surface area contributed by atoms with Crippen molar-refractivity contribution in [2.75, 3.05) is 19.7 Å². The monoisotopic (exact) mass is 335 g/mol. The molecule has 0 spiro atoms. The minimum atomic E-state index is -4.35. The quantitative estimate of drug-likeness (QED) is 0.890. The van der Waals surface area contributed by atoms with Gasteiger partial charge in [-0.05, 0) is 42.6 Å². The molecule has 5 heteroatoms. The molecule has 2 aromatic rings. The molecule has 0 saturated carbocycles. The molecule has 1 saturated heterocycles. The molecule has 3 rings (SSSR count). The van der Waals surface area contributed by atoms with Gasteiger partial charge in [0.2, 0.25) is 0 Å². The molecule has 0 unspecified atom stereocenters. The van der Waals surface area contributed by atoms with Gasteiger partial charge in [0.15, 0.2) is 0 Å². The molecule has 0 bridgehead atoms. The van der Waals surface area contributed by atoms with E-state index in [1.54, 1.807) is 6.07 Å². The van der Waals surface area contributed by atoms with Gasteiger partial charge in [0, 0.05) is 12.5 Å². The Balaban J connectivity index is 1.68. The van der Waals surface area contributed by atoms with Crippen molar-refractivity contribution in [2.24, 2.45) is 5.92 Å². The lowest BCUT2D eigenvalue weighted by molar-refractivity contribution is -0.137. The van der Waals surface area contributed by atoms with E-state index in [2.05, 4.69) is 17.4 Å². The van der Waals surface area contributed by atoms with Crippen molar-refractivity contribution >= 4 is 0 Å². The van der Waals surface area contributed by atoms with Gasteiger partial charge in [-0.25, -0.2) is 0 Å². The molecule has 0 amide bonds. The van der Waals surface area contributed by atoms with Crippen LogP contribution in [0.1, 0.15) is 23.5 Å². The van der Waals surface area contributed by atoms with Gasteiger partial charge in [0.1, 0.15) is 5.75 Å². The molecule has 2 aromatic carbocycles. The second-order valence-corrected chi connectivity index (χ2v) is 6.11. The van der Waals surface area contributed by atoms with E-state index in [-0.39, 0.29) is 11.7 Å². The van der Waals surface area contributed by atoms with E-state index < -0.39 is 11.7 Å². The lowest BCUT2D eigenvalue weighted by Crippen LogP contribution is -2.38. The van der Waals surface area contributed by atoms with Crippen molar-refractivity contribution in [3.8, 4) is 5.75 Å². The normalized spacial score (nSPS) is 21.5. The number of nitrogens with one attached hydrogen (secondary N) is 1. The van der Waals surface area contributed by atoms with Crippen molar-refractivity contribution in [1.29, 1.82) is 0 Å². The van der Waals surface area contributed by atoms with Crippen molar-refractivity contribution < 1.29 is 17.9 Å². The maximum atomic E-state index is 12.8. The third-order valence-electron chi connectivity index (χ3n) is 4.46. The highest BCUT2D eigenvalue weighted by atomic mass is 19.4. The second-order valence-electron chi connectivity index (χ2n) is 6.11. The maximum Gasteiger partial charge on any atom is 0.416 e. The first-order valence-corrected chi connectivity index (χ1v) is 8.10. The third-order valence-corrected chi connectivity index (χ3v) is 4.46. The van der Waals surface area contributed by atoms with Crippen molar-refractivity contribution in [2.45, 2.75) is 18.5 Å². The fraction of sp³-hybridized carbons (Fsp3) is 0.368. The van der Waals surface area contributed by atoms with Crippen LogP contribution in [-0.4, -0.2) is 19.7 Å². The van der Waals surface area contributed by atoms with Crippen LogP contribution < -0.4 is 10.1 Å². The summed E-state index contributed by atoms with van der Waals surface area (Å²) in [5.41, 5.74) is 0.582. The van der Waals surface area contributed by atoms with Crippen molar-refractivity contribution in [1.82, 2.24) is 5.32 Å². The van der Waals surface area contributed by atoms with Crippen LogP contribution in [0, 0.1) is 5.92 Å². The highest BCUT2D eigenvalue weighted by molar-refractivity contribution is 5.30. The van der Waals surface area contributed by atoms with Crippen molar-refractivity contribution in [3.63, 3.8) is 0 Å². The average Bonchev–Trinajstić information content (AvgIpc) is 2.60. The molecule has 128 valence electrons. The number of rotatable bonds is 4. The average molecular weight is 335 g/mol. The van der Waals surface area contributed by atoms with Gasteiger partial charge >= 0.3 is 6.18 Å². The Hall–Kier alpha value is -2.01. The molecule has 0 radical (unpaired) electrons. The van der Waals surface area contributed by atoms with Crippen LogP contribution >= 0.6 is 0 Å². The summed E-state index contributed by atoms with van der Waals surface area (Å²) in [5.74, 6) is 0.858. The lowest BCUT2D eigenvalue weighted by atomic mass is 9.81. The first-order chi connectivity index (χ1) is 11.5. The Labute approximate surface area is 139 Å². The Morgan fingerprint density at radius 2 is 1.83 bits per heavy atom. The van der Waals surface area contributed by atoms with Crippen LogP contribution in [0.5, 0.6) is 5.75 Å². The van der Waals surface area contributed by atoms with Gasteiger partial charge in [-0.1, -0.05) is 36.4 Å². The Kier molecular flexibility index (Phi) is 5.09. The van der Waals surface area contributed by atoms with Crippen LogP contribution in [0.2, 0.25) is 0 Å². The van der Waals surface area contributed by atoms with Gasteiger partial charge in [-0.15, -0.1) is 0 Å². The molecule has 2 atom stereocenters. The molecule has 24 heavy (non-hydrogen) atoms. The molecule has 1 N–H and O–H groups in total. The standard InChI is InChI=1S/C19H20F3NO/c20-19(21,22)16-7-4-8-17(11-16)24-13-15-12-23-10-9-18(15)14-5-2-1-3-6-14/h1-8,11,15,18,23H,9-10,12-13H2/t15-,18-/m1/s1. The van der Waals surface area contributed by atoms with E-state index >= 15 is 0 Å². The topological polar surface area (TPSA) is 21.3 Å². The fourth-order valence-corrected chi connectivity index (χ4v) is 3.20. The Morgan fingerprint density at radius 1 is 1.04 bits per heavy atom. The molecule has 2 nitrogen and oxygen atoms in total. The predicted molar refractivity (Wildman–Crippen MR) is 87.1 cm³/mol. The number of halogens is 3. The lowest BCUT2D eigenvalue weighted by Gasteiger charge is -2.32. The van der Waals surface area contributed by atoms with E-state index in [1.807, 2.05) is 18.2 Å². The van der Waals surface area contributed by atoms with Crippen LogP contribution in [0.15, 0.2) is 54.6 Å².